The molecule has 162 valence electrons. The van der Waals surface area contributed by atoms with Crippen molar-refractivity contribution in [1.82, 2.24) is 9.78 Å². The highest BCUT2D eigenvalue weighted by molar-refractivity contribution is 6.04. The van der Waals surface area contributed by atoms with Gasteiger partial charge in [0.15, 0.2) is 12.3 Å². The van der Waals surface area contributed by atoms with Gasteiger partial charge in [-0.2, -0.15) is 5.10 Å². The van der Waals surface area contributed by atoms with Crippen molar-refractivity contribution >= 4 is 22.5 Å². The summed E-state index contributed by atoms with van der Waals surface area (Å²) in [4.78, 5) is 38.3. The molecule has 0 bridgehead atoms. The molecule has 0 aliphatic carbocycles. The number of carbonyl (C=O) groups is 2. The standard InChI is InChI=1S/C25H28N2O4/c1-6-7-12-27-24(29)20-11-9-8-10-19(20)23(26-27)25(30)31-14-22(28)21-13-15(2)16(3)17(4)18(21)5/h8-11,13H,6-7,12,14H2,1-5H3. The molecule has 3 aromatic rings. The minimum absolute atomic E-state index is 0.0482. The van der Waals surface area contributed by atoms with Crippen LogP contribution in [0.1, 0.15) is 62.9 Å². The molecule has 31 heavy (non-hydrogen) atoms. The second kappa shape index (κ2) is 9.25. The Bertz CT molecular complexity index is 1220. The van der Waals surface area contributed by atoms with E-state index in [0.29, 0.717) is 22.9 Å². The number of ether oxygens (including phenoxy) is 1. The van der Waals surface area contributed by atoms with Crippen LogP contribution in [0.3, 0.4) is 0 Å². The summed E-state index contributed by atoms with van der Waals surface area (Å²) >= 11 is 0. The Morgan fingerprint density at radius 2 is 1.68 bits per heavy atom. The van der Waals surface area contributed by atoms with Gasteiger partial charge in [0.25, 0.3) is 5.56 Å². The third-order valence-electron chi connectivity index (χ3n) is 5.90. The number of aryl methyl sites for hydroxylation is 2. The summed E-state index contributed by atoms with van der Waals surface area (Å²) in [5.41, 5.74) is 4.49. The second-order valence-electron chi connectivity index (χ2n) is 7.89. The maximum atomic E-state index is 12.9. The van der Waals surface area contributed by atoms with E-state index >= 15 is 0 Å². The lowest BCUT2D eigenvalue weighted by Crippen LogP contribution is -2.27. The molecule has 0 radical (unpaired) electrons. The molecule has 6 nitrogen and oxygen atoms in total. The van der Waals surface area contributed by atoms with Gasteiger partial charge in [0.1, 0.15) is 0 Å². The van der Waals surface area contributed by atoms with Crippen LogP contribution >= 0.6 is 0 Å². The fraction of sp³-hybridized carbons (Fsp3) is 0.360. The van der Waals surface area contributed by atoms with Crippen LogP contribution in [0.2, 0.25) is 0 Å². The van der Waals surface area contributed by atoms with Gasteiger partial charge in [-0.1, -0.05) is 31.5 Å². The molecule has 0 amide bonds. The molecule has 0 atom stereocenters. The number of ketones is 1. The Hall–Kier alpha value is -3.28. The number of hydrogen-bond donors (Lipinski definition) is 0. The molecule has 6 heteroatoms. The molecule has 0 saturated carbocycles. The Balaban J connectivity index is 1.90. The van der Waals surface area contributed by atoms with Gasteiger partial charge in [-0.3, -0.25) is 9.59 Å². The van der Waals surface area contributed by atoms with Gasteiger partial charge in [-0.25, -0.2) is 9.48 Å². The van der Waals surface area contributed by atoms with Gasteiger partial charge >= 0.3 is 5.97 Å². The van der Waals surface area contributed by atoms with Crippen molar-refractivity contribution < 1.29 is 14.3 Å². The number of benzene rings is 2. The normalized spacial score (nSPS) is 11.0. The molecule has 0 N–H and O–H groups in total. The number of rotatable bonds is 7. The van der Waals surface area contributed by atoms with Crippen molar-refractivity contribution in [2.45, 2.75) is 54.0 Å². The quantitative estimate of drug-likeness (QED) is 0.416. The fourth-order valence-corrected chi connectivity index (χ4v) is 3.62. The van der Waals surface area contributed by atoms with Gasteiger partial charge in [0, 0.05) is 17.5 Å². The van der Waals surface area contributed by atoms with E-state index in [4.69, 9.17) is 4.74 Å². The van der Waals surface area contributed by atoms with Crippen LogP contribution in [-0.4, -0.2) is 28.1 Å². The number of unbranched alkanes of at least 4 members (excludes halogenated alkanes) is 1. The van der Waals surface area contributed by atoms with Crippen LogP contribution in [0.5, 0.6) is 0 Å². The monoisotopic (exact) mass is 420 g/mol. The zero-order valence-corrected chi connectivity index (χ0v) is 18.7. The summed E-state index contributed by atoms with van der Waals surface area (Å²) in [6.45, 7) is 9.91. The van der Waals surface area contributed by atoms with Crippen LogP contribution in [-0.2, 0) is 11.3 Å². The molecule has 2 aromatic carbocycles. The van der Waals surface area contributed by atoms with Crippen LogP contribution in [0.4, 0.5) is 0 Å². The van der Waals surface area contributed by atoms with Crippen molar-refractivity contribution in [1.29, 1.82) is 0 Å². The van der Waals surface area contributed by atoms with Crippen LogP contribution in [0.15, 0.2) is 35.1 Å². The number of nitrogens with zero attached hydrogens (tertiary/aromatic N) is 2. The number of carbonyl (C=O) groups excluding carboxylic acids is 2. The van der Waals surface area contributed by atoms with E-state index in [1.54, 1.807) is 24.3 Å². The predicted octanol–water partition coefficient (Wildman–Crippen LogP) is 4.47. The summed E-state index contributed by atoms with van der Waals surface area (Å²) in [5.74, 6) is -0.978. The molecule has 3 rings (SSSR count). The third-order valence-corrected chi connectivity index (χ3v) is 5.90. The number of fused-ring (bicyclic) bond motifs is 1. The van der Waals surface area contributed by atoms with Gasteiger partial charge in [-0.05, 0) is 68.5 Å². The SMILES string of the molecule is CCCCn1nc(C(=O)OCC(=O)c2cc(C)c(C)c(C)c2C)c2ccccc2c1=O. The first-order valence-corrected chi connectivity index (χ1v) is 10.5. The molecule has 0 aliphatic heterocycles. The molecular weight excluding hydrogens is 392 g/mol. The first-order chi connectivity index (χ1) is 14.8. The second-order valence-corrected chi connectivity index (χ2v) is 7.89. The first kappa shape index (κ1) is 22.4. The van der Waals surface area contributed by atoms with E-state index in [1.807, 2.05) is 40.7 Å². The van der Waals surface area contributed by atoms with Crippen LogP contribution in [0, 0.1) is 27.7 Å². The lowest BCUT2D eigenvalue weighted by atomic mass is 9.93. The predicted molar refractivity (Wildman–Crippen MR) is 121 cm³/mol. The number of esters is 1. The van der Waals surface area contributed by atoms with E-state index in [2.05, 4.69) is 5.10 Å². The molecule has 0 aliphatic rings. The summed E-state index contributed by atoms with van der Waals surface area (Å²) < 4.78 is 6.66. The van der Waals surface area contributed by atoms with Crippen LogP contribution in [0.25, 0.3) is 10.8 Å². The average Bonchev–Trinajstić information content (AvgIpc) is 2.77. The highest BCUT2D eigenvalue weighted by atomic mass is 16.5. The lowest BCUT2D eigenvalue weighted by Gasteiger charge is -2.14. The van der Waals surface area contributed by atoms with Gasteiger partial charge < -0.3 is 4.74 Å². The van der Waals surface area contributed by atoms with Gasteiger partial charge in [-0.15, -0.1) is 0 Å². The van der Waals surface area contributed by atoms with Gasteiger partial charge in [0.05, 0.1) is 5.39 Å². The summed E-state index contributed by atoms with van der Waals surface area (Å²) in [7, 11) is 0. The minimum atomic E-state index is -0.715. The Morgan fingerprint density at radius 3 is 2.35 bits per heavy atom. The van der Waals surface area contributed by atoms with Crippen molar-refractivity contribution in [2.24, 2.45) is 0 Å². The Labute approximate surface area is 181 Å². The van der Waals surface area contributed by atoms with Crippen molar-refractivity contribution in [3.8, 4) is 0 Å². The molecule has 1 aromatic heterocycles. The highest BCUT2D eigenvalue weighted by Crippen LogP contribution is 2.22. The number of aromatic nitrogens is 2. The molecule has 1 heterocycles. The molecular formula is C25H28N2O4. The van der Waals surface area contributed by atoms with Crippen LogP contribution < -0.4 is 5.56 Å². The maximum absolute atomic E-state index is 12.9. The van der Waals surface area contributed by atoms with E-state index in [1.165, 1.54) is 4.68 Å². The van der Waals surface area contributed by atoms with Crippen molar-refractivity contribution in [3.63, 3.8) is 0 Å². The van der Waals surface area contributed by atoms with E-state index in [0.717, 1.165) is 35.1 Å². The maximum Gasteiger partial charge on any atom is 0.359 e. The lowest BCUT2D eigenvalue weighted by molar-refractivity contribution is 0.0468. The fourth-order valence-electron chi connectivity index (χ4n) is 3.62. The minimum Gasteiger partial charge on any atom is -0.452 e. The molecule has 0 unspecified atom stereocenters. The molecule has 0 saturated heterocycles. The number of hydrogen-bond acceptors (Lipinski definition) is 5. The zero-order valence-electron chi connectivity index (χ0n) is 18.7. The largest absolute Gasteiger partial charge is 0.452 e. The summed E-state index contributed by atoms with van der Waals surface area (Å²) in [5, 5.41) is 5.10. The highest BCUT2D eigenvalue weighted by Gasteiger charge is 2.20. The van der Waals surface area contributed by atoms with Crippen molar-refractivity contribution in [2.75, 3.05) is 6.61 Å². The number of Topliss-reactive ketones (excluding diaryl/α,β-unsaturated/α-hetero) is 1. The first-order valence-electron chi connectivity index (χ1n) is 10.5. The van der Waals surface area contributed by atoms with E-state index in [9.17, 15) is 14.4 Å². The molecule has 0 fully saturated rings. The molecule has 0 spiro atoms. The average molecular weight is 421 g/mol. The third kappa shape index (κ3) is 4.43. The summed E-state index contributed by atoms with van der Waals surface area (Å²) in [6, 6.07) is 8.67. The zero-order chi connectivity index (χ0) is 22.7. The van der Waals surface area contributed by atoms with E-state index < -0.39 is 5.97 Å². The Kier molecular flexibility index (Phi) is 6.68. The summed E-state index contributed by atoms with van der Waals surface area (Å²) in [6.07, 6.45) is 1.66. The smallest absolute Gasteiger partial charge is 0.359 e. The Morgan fingerprint density at radius 1 is 1.00 bits per heavy atom. The topological polar surface area (TPSA) is 78.3 Å². The van der Waals surface area contributed by atoms with Crippen molar-refractivity contribution in [3.05, 3.63) is 74.2 Å². The van der Waals surface area contributed by atoms with Gasteiger partial charge in [0.2, 0.25) is 5.78 Å². The van der Waals surface area contributed by atoms with E-state index in [-0.39, 0.29) is 23.6 Å².